The molecule has 0 fully saturated rings. The minimum atomic E-state index is -2.70. The molecule has 30 heavy (non-hydrogen) atoms. The molecule has 0 aliphatic carbocycles. The second-order valence-corrected chi connectivity index (χ2v) is 6.64. The minimum Gasteiger partial charge on any atom is -0.337 e. The molecule has 0 radical (unpaired) electrons. The van der Waals surface area contributed by atoms with Crippen LogP contribution in [0.25, 0.3) is 28.1 Å². The molecule has 0 saturated carbocycles. The Morgan fingerprint density at radius 3 is 2.70 bits per heavy atom. The summed E-state index contributed by atoms with van der Waals surface area (Å²) in [6, 6.07) is 13.7. The van der Waals surface area contributed by atoms with E-state index >= 15 is 0 Å². The highest BCUT2D eigenvalue weighted by Gasteiger charge is 2.14. The first-order valence-corrected chi connectivity index (χ1v) is 9.06. The van der Waals surface area contributed by atoms with Gasteiger partial charge >= 0.3 is 0 Å². The van der Waals surface area contributed by atoms with Crippen molar-refractivity contribution in [2.45, 2.75) is 6.43 Å². The number of benzene rings is 2. The molecule has 0 spiro atoms. The first kappa shape index (κ1) is 17.9. The Kier molecular flexibility index (Phi) is 4.20. The predicted molar refractivity (Wildman–Crippen MR) is 107 cm³/mol. The largest absolute Gasteiger partial charge is 0.337 e. The van der Waals surface area contributed by atoms with Gasteiger partial charge in [-0.1, -0.05) is 12.1 Å². The molecule has 148 valence electrons. The Morgan fingerprint density at radius 2 is 1.93 bits per heavy atom. The van der Waals surface area contributed by atoms with Crippen LogP contribution in [0.15, 0.2) is 67.1 Å². The maximum atomic E-state index is 12.8. The van der Waals surface area contributed by atoms with Crippen LogP contribution in [0.5, 0.6) is 0 Å². The number of amides is 1. The summed E-state index contributed by atoms with van der Waals surface area (Å²) in [5.74, 6) is -0.163. The van der Waals surface area contributed by atoms with Gasteiger partial charge in [0, 0.05) is 35.4 Å². The normalized spacial score (nSPS) is 11.4. The molecule has 7 nitrogen and oxygen atoms in total. The van der Waals surface area contributed by atoms with E-state index in [1.165, 1.54) is 12.1 Å². The van der Waals surface area contributed by atoms with Gasteiger partial charge in [0.25, 0.3) is 12.3 Å². The number of nitrogens with zero attached hydrogens (tertiary/aromatic N) is 4. The molecular weight excluding hydrogens is 390 g/mol. The first-order valence-electron chi connectivity index (χ1n) is 9.06. The molecule has 2 N–H and O–H groups in total. The van der Waals surface area contributed by atoms with Crippen LogP contribution in [0, 0.1) is 0 Å². The van der Waals surface area contributed by atoms with E-state index < -0.39 is 12.2 Å². The van der Waals surface area contributed by atoms with Gasteiger partial charge in [0.15, 0.2) is 5.82 Å². The third-order valence-corrected chi connectivity index (χ3v) is 4.64. The van der Waals surface area contributed by atoms with Crippen molar-refractivity contribution < 1.29 is 13.6 Å². The Labute approximate surface area is 168 Å². The van der Waals surface area contributed by atoms with Gasteiger partial charge in [0.2, 0.25) is 5.78 Å². The molecule has 0 saturated heterocycles. The van der Waals surface area contributed by atoms with Crippen LogP contribution in [-0.4, -0.2) is 30.2 Å². The molecule has 3 heterocycles. The summed E-state index contributed by atoms with van der Waals surface area (Å²) in [4.78, 5) is 27.6. The fourth-order valence-corrected chi connectivity index (χ4v) is 3.17. The SMILES string of the molecule is O=C(Nc1ccc(-c2cn3cccnc3n2)cc1)c1ccc2nc(C(F)F)[nH]c2c1. The molecule has 1 amide bonds. The number of halogens is 2. The molecule has 0 aliphatic rings. The van der Waals surface area contributed by atoms with Crippen LogP contribution in [-0.2, 0) is 0 Å². The number of aromatic nitrogens is 5. The molecular formula is C21H14F2N6O. The van der Waals surface area contributed by atoms with Gasteiger partial charge in [0.05, 0.1) is 16.7 Å². The Morgan fingerprint density at radius 1 is 1.10 bits per heavy atom. The zero-order valence-corrected chi connectivity index (χ0v) is 15.4. The summed E-state index contributed by atoms with van der Waals surface area (Å²) in [5.41, 5.74) is 3.36. The highest BCUT2D eigenvalue weighted by Crippen LogP contribution is 2.23. The van der Waals surface area contributed by atoms with Gasteiger partial charge in [-0.15, -0.1) is 0 Å². The van der Waals surface area contributed by atoms with E-state index in [1.807, 2.05) is 35.0 Å². The monoisotopic (exact) mass is 404 g/mol. The van der Waals surface area contributed by atoms with Crippen molar-refractivity contribution in [2.24, 2.45) is 0 Å². The second-order valence-electron chi connectivity index (χ2n) is 6.64. The van der Waals surface area contributed by atoms with E-state index in [2.05, 4.69) is 25.3 Å². The lowest BCUT2D eigenvalue weighted by Gasteiger charge is -2.06. The van der Waals surface area contributed by atoms with Gasteiger partial charge in [-0.25, -0.2) is 23.7 Å². The molecule has 0 bridgehead atoms. The molecule has 2 aromatic carbocycles. The van der Waals surface area contributed by atoms with E-state index in [-0.39, 0.29) is 5.91 Å². The number of imidazole rings is 2. The van der Waals surface area contributed by atoms with Crippen LogP contribution >= 0.6 is 0 Å². The van der Waals surface area contributed by atoms with Crippen molar-refractivity contribution in [1.82, 2.24) is 24.3 Å². The van der Waals surface area contributed by atoms with Gasteiger partial charge < -0.3 is 10.3 Å². The van der Waals surface area contributed by atoms with Crippen LogP contribution in [0.4, 0.5) is 14.5 Å². The van der Waals surface area contributed by atoms with E-state index in [0.29, 0.717) is 28.1 Å². The van der Waals surface area contributed by atoms with E-state index in [4.69, 9.17) is 0 Å². The number of carbonyl (C=O) groups is 1. The van der Waals surface area contributed by atoms with Crippen LogP contribution in [0.1, 0.15) is 22.6 Å². The van der Waals surface area contributed by atoms with Gasteiger partial charge in [0.1, 0.15) is 0 Å². The first-order chi connectivity index (χ1) is 14.6. The number of nitrogens with one attached hydrogen (secondary N) is 2. The Bertz CT molecular complexity index is 1340. The molecule has 5 rings (SSSR count). The average molecular weight is 404 g/mol. The Balaban J connectivity index is 1.35. The summed E-state index contributed by atoms with van der Waals surface area (Å²) in [7, 11) is 0. The van der Waals surface area contributed by atoms with E-state index in [9.17, 15) is 13.6 Å². The van der Waals surface area contributed by atoms with Crippen molar-refractivity contribution in [1.29, 1.82) is 0 Å². The number of H-pyrrole nitrogens is 1. The minimum absolute atomic E-state index is 0.336. The van der Waals surface area contributed by atoms with Crippen molar-refractivity contribution >= 4 is 28.4 Å². The Hall–Kier alpha value is -4.14. The summed E-state index contributed by atoms with van der Waals surface area (Å²) in [5, 5.41) is 2.80. The van der Waals surface area contributed by atoms with Crippen molar-refractivity contribution in [3.05, 3.63) is 78.5 Å². The molecule has 5 aromatic rings. The molecule has 3 aromatic heterocycles. The summed E-state index contributed by atoms with van der Waals surface area (Å²) in [6.07, 6.45) is 2.73. The lowest BCUT2D eigenvalue weighted by Crippen LogP contribution is -2.11. The highest BCUT2D eigenvalue weighted by atomic mass is 19.3. The third-order valence-electron chi connectivity index (χ3n) is 4.64. The topological polar surface area (TPSA) is 88.0 Å². The number of hydrogen-bond donors (Lipinski definition) is 2. The zero-order chi connectivity index (χ0) is 20.7. The maximum absolute atomic E-state index is 12.8. The van der Waals surface area contributed by atoms with Crippen molar-refractivity contribution in [2.75, 3.05) is 5.32 Å². The lowest BCUT2D eigenvalue weighted by atomic mass is 10.1. The third kappa shape index (κ3) is 3.26. The van der Waals surface area contributed by atoms with Crippen LogP contribution < -0.4 is 5.32 Å². The number of hydrogen-bond acceptors (Lipinski definition) is 4. The predicted octanol–water partition coefficient (Wildman–Crippen LogP) is 4.46. The number of anilines is 1. The number of fused-ring (bicyclic) bond motifs is 2. The van der Waals surface area contributed by atoms with Gasteiger partial charge in [-0.3, -0.25) is 9.20 Å². The molecule has 0 unspecified atom stereocenters. The van der Waals surface area contributed by atoms with Crippen molar-refractivity contribution in [3.63, 3.8) is 0 Å². The molecule has 0 aliphatic heterocycles. The molecule has 9 heteroatoms. The second kappa shape index (κ2) is 7.03. The summed E-state index contributed by atoms with van der Waals surface area (Å²) in [6.45, 7) is 0. The van der Waals surface area contributed by atoms with Gasteiger partial charge in [-0.05, 0) is 36.4 Å². The quantitative estimate of drug-likeness (QED) is 0.463. The van der Waals surface area contributed by atoms with Crippen LogP contribution in [0.3, 0.4) is 0 Å². The summed E-state index contributed by atoms with van der Waals surface area (Å²) < 4.78 is 27.4. The van der Waals surface area contributed by atoms with Gasteiger partial charge in [-0.2, -0.15) is 0 Å². The maximum Gasteiger partial charge on any atom is 0.295 e. The zero-order valence-electron chi connectivity index (χ0n) is 15.4. The van der Waals surface area contributed by atoms with Crippen LogP contribution in [0.2, 0.25) is 0 Å². The van der Waals surface area contributed by atoms with Crippen molar-refractivity contribution in [3.8, 4) is 11.3 Å². The number of alkyl halides is 2. The number of carbonyl (C=O) groups excluding carboxylic acids is 1. The lowest BCUT2D eigenvalue weighted by molar-refractivity contribution is 0.102. The average Bonchev–Trinajstić information content (AvgIpc) is 3.38. The molecule has 0 atom stereocenters. The highest BCUT2D eigenvalue weighted by molar-refractivity contribution is 6.06. The summed E-state index contributed by atoms with van der Waals surface area (Å²) >= 11 is 0. The smallest absolute Gasteiger partial charge is 0.295 e. The standard InChI is InChI=1S/C21H14F2N6O/c22-18(23)19-26-15-7-4-13(10-16(15)27-19)20(30)25-14-5-2-12(3-6-14)17-11-29-9-1-8-24-21(29)28-17/h1-11,18H,(H,25,30)(H,26,27). The van der Waals surface area contributed by atoms with E-state index in [1.54, 1.807) is 24.4 Å². The van der Waals surface area contributed by atoms with E-state index in [0.717, 1.165) is 11.3 Å². The fourth-order valence-electron chi connectivity index (χ4n) is 3.17. The number of rotatable bonds is 4. The number of aromatic amines is 1. The fraction of sp³-hybridized carbons (Fsp3) is 0.0476.